The van der Waals surface area contributed by atoms with E-state index in [-0.39, 0.29) is 18.3 Å². The van der Waals surface area contributed by atoms with Crippen molar-refractivity contribution in [3.8, 4) is 5.75 Å². The molecule has 108 valence electrons. The molecule has 1 aromatic rings. The van der Waals surface area contributed by atoms with Crippen LogP contribution in [0.3, 0.4) is 0 Å². The van der Waals surface area contributed by atoms with Gasteiger partial charge in [0.2, 0.25) is 0 Å². The fourth-order valence-electron chi connectivity index (χ4n) is 2.24. The molecule has 1 saturated carbocycles. The molecule has 1 amide bonds. The Labute approximate surface area is 118 Å². The molecular weight excluding hydrogens is 259 g/mol. The van der Waals surface area contributed by atoms with Crippen LogP contribution in [-0.4, -0.2) is 18.2 Å². The summed E-state index contributed by atoms with van der Waals surface area (Å²) in [6.45, 7) is 1.94. The average Bonchev–Trinajstić information content (AvgIpc) is 2.44. The molecule has 1 aliphatic rings. The minimum absolute atomic E-state index is 0.0709. The van der Waals surface area contributed by atoms with E-state index >= 15 is 0 Å². The van der Waals surface area contributed by atoms with Gasteiger partial charge in [0.05, 0.1) is 0 Å². The van der Waals surface area contributed by atoms with Crippen molar-refractivity contribution in [1.29, 1.82) is 0 Å². The van der Waals surface area contributed by atoms with Gasteiger partial charge in [0.1, 0.15) is 0 Å². The van der Waals surface area contributed by atoms with Crippen molar-refractivity contribution in [2.75, 3.05) is 6.61 Å². The second-order valence-corrected chi connectivity index (χ2v) is 5.13. The molecule has 0 saturated heterocycles. The summed E-state index contributed by atoms with van der Waals surface area (Å²) in [4.78, 5) is 11.6. The van der Waals surface area contributed by atoms with Gasteiger partial charge in [-0.2, -0.15) is 5.10 Å². The molecule has 1 N–H and O–H groups in total. The maximum atomic E-state index is 13.3. The lowest BCUT2D eigenvalue weighted by atomic mass is 9.89. The molecule has 1 atom stereocenters. The van der Waals surface area contributed by atoms with Crippen LogP contribution in [0, 0.1) is 11.7 Å². The number of benzene rings is 1. The fraction of sp³-hybridized carbons (Fsp3) is 0.467. The molecule has 4 nitrogen and oxygen atoms in total. The van der Waals surface area contributed by atoms with Crippen LogP contribution in [0.1, 0.15) is 32.6 Å². The van der Waals surface area contributed by atoms with Crippen LogP contribution in [0.25, 0.3) is 0 Å². The zero-order chi connectivity index (χ0) is 14.4. The highest BCUT2D eigenvalue weighted by Gasteiger charge is 2.14. The highest BCUT2D eigenvalue weighted by molar-refractivity contribution is 5.87. The Kier molecular flexibility index (Phi) is 5.09. The molecule has 5 heteroatoms. The predicted octanol–water partition coefficient (Wildman–Crippen LogP) is 2.89. The number of nitrogens with zero attached hydrogens (tertiary/aromatic N) is 1. The topological polar surface area (TPSA) is 50.7 Å². The van der Waals surface area contributed by atoms with Gasteiger partial charge in [-0.25, -0.2) is 9.82 Å². The number of carbonyl (C=O) groups is 1. The Morgan fingerprint density at radius 3 is 3.05 bits per heavy atom. The highest BCUT2D eigenvalue weighted by Crippen LogP contribution is 2.20. The molecule has 0 unspecified atom stereocenters. The van der Waals surface area contributed by atoms with E-state index in [9.17, 15) is 9.18 Å². The first kappa shape index (κ1) is 14.5. The van der Waals surface area contributed by atoms with Crippen molar-refractivity contribution in [2.45, 2.75) is 32.6 Å². The van der Waals surface area contributed by atoms with Crippen LogP contribution in [0.2, 0.25) is 0 Å². The quantitative estimate of drug-likeness (QED) is 0.861. The summed E-state index contributed by atoms with van der Waals surface area (Å²) in [6.07, 6.45) is 4.18. The van der Waals surface area contributed by atoms with E-state index in [1.165, 1.54) is 18.6 Å². The number of nitrogens with one attached hydrogen (secondary N) is 1. The van der Waals surface area contributed by atoms with E-state index in [0.717, 1.165) is 25.0 Å². The van der Waals surface area contributed by atoms with Crippen LogP contribution in [-0.2, 0) is 4.79 Å². The molecule has 20 heavy (non-hydrogen) atoms. The van der Waals surface area contributed by atoms with Gasteiger partial charge < -0.3 is 4.74 Å². The SMILES string of the molecule is C[C@H]1CCC/C(=N/NC(=O)COc2ccccc2F)C1. The van der Waals surface area contributed by atoms with Gasteiger partial charge in [0.15, 0.2) is 18.2 Å². The highest BCUT2D eigenvalue weighted by atomic mass is 19.1. The number of hydrazone groups is 1. The molecule has 0 heterocycles. The largest absolute Gasteiger partial charge is 0.481 e. The third kappa shape index (κ3) is 4.33. The summed E-state index contributed by atoms with van der Waals surface area (Å²) in [7, 11) is 0. The van der Waals surface area contributed by atoms with Crippen molar-refractivity contribution >= 4 is 11.6 Å². The van der Waals surface area contributed by atoms with E-state index in [1.54, 1.807) is 12.1 Å². The first-order valence-electron chi connectivity index (χ1n) is 6.86. The molecule has 1 fully saturated rings. The van der Waals surface area contributed by atoms with E-state index in [1.807, 2.05) is 0 Å². The molecule has 0 aliphatic heterocycles. The van der Waals surface area contributed by atoms with Crippen molar-refractivity contribution < 1.29 is 13.9 Å². The Morgan fingerprint density at radius 1 is 1.50 bits per heavy atom. The summed E-state index contributed by atoms with van der Waals surface area (Å²) >= 11 is 0. The van der Waals surface area contributed by atoms with Gasteiger partial charge in [-0.15, -0.1) is 0 Å². The smallest absolute Gasteiger partial charge is 0.277 e. The summed E-state index contributed by atoms with van der Waals surface area (Å²) in [5.74, 6) is -0.164. The van der Waals surface area contributed by atoms with Gasteiger partial charge in [0.25, 0.3) is 5.91 Å². The Hall–Kier alpha value is -1.91. The van der Waals surface area contributed by atoms with Crippen LogP contribution >= 0.6 is 0 Å². The van der Waals surface area contributed by atoms with Gasteiger partial charge in [-0.1, -0.05) is 19.1 Å². The van der Waals surface area contributed by atoms with Crippen molar-refractivity contribution in [3.05, 3.63) is 30.1 Å². The van der Waals surface area contributed by atoms with Crippen LogP contribution < -0.4 is 10.2 Å². The lowest BCUT2D eigenvalue weighted by molar-refractivity contribution is -0.123. The third-order valence-corrected chi connectivity index (χ3v) is 3.28. The second-order valence-electron chi connectivity index (χ2n) is 5.13. The number of carbonyl (C=O) groups excluding carboxylic acids is 1. The van der Waals surface area contributed by atoms with Crippen LogP contribution in [0.15, 0.2) is 29.4 Å². The number of hydrogen-bond acceptors (Lipinski definition) is 3. The molecule has 0 spiro atoms. The van der Waals surface area contributed by atoms with Crippen molar-refractivity contribution in [2.24, 2.45) is 11.0 Å². The maximum Gasteiger partial charge on any atom is 0.277 e. The number of amides is 1. The fourth-order valence-corrected chi connectivity index (χ4v) is 2.24. The summed E-state index contributed by atoms with van der Waals surface area (Å²) in [5, 5.41) is 4.11. The monoisotopic (exact) mass is 278 g/mol. The minimum Gasteiger partial charge on any atom is -0.481 e. The summed E-state index contributed by atoms with van der Waals surface area (Å²) in [6, 6.07) is 5.99. The Balaban J connectivity index is 1.78. The molecular formula is C15H19FN2O2. The number of hydrogen-bond donors (Lipinski definition) is 1. The predicted molar refractivity (Wildman–Crippen MR) is 75.1 cm³/mol. The first-order valence-corrected chi connectivity index (χ1v) is 6.86. The van der Waals surface area contributed by atoms with Crippen LogP contribution in [0.5, 0.6) is 5.75 Å². The maximum absolute atomic E-state index is 13.3. The van der Waals surface area contributed by atoms with Gasteiger partial charge in [-0.05, 0) is 43.7 Å². The number of para-hydroxylation sites is 1. The van der Waals surface area contributed by atoms with E-state index in [0.29, 0.717) is 5.92 Å². The van der Waals surface area contributed by atoms with Crippen LogP contribution in [0.4, 0.5) is 4.39 Å². The summed E-state index contributed by atoms with van der Waals surface area (Å²) < 4.78 is 18.4. The molecule has 0 aromatic heterocycles. The van der Waals surface area contributed by atoms with E-state index in [2.05, 4.69) is 17.5 Å². The molecule has 0 bridgehead atoms. The van der Waals surface area contributed by atoms with Crippen molar-refractivity contribution in [3.63, 3.8) is 0 Å². The molecule has 1 aliphatic carbocycles. The average molecular weight is 278 g/mol. The molecule has 2 rings (SSSR count). The summed E-state index contributed by atoms with van der Waals surface area (Å²) in [5.41, 5.74) is 3.48. The second kappa shape index (κ2) is 7.03. The molecule has 1 aromatic carbocycles. The molecule has 0 radical (unpaired) electrons. The number of ether oxygens (including phenoxy) is 1. The first-order chi connectivity index (χ1) is 9.65. The zero-order valence-electron chi connectivity index (χ0n) is 11.6. The van der Waals surface area contributed by atoms with Gasteiger partial charge in [-0.3, -0.25) is 4.79 Å². The number of rotatable bonds is 4. The Bertz CT molecular complexity index is 502. The standard InChI is InChI=1S/C15H19FN2O2/c1-11-5-4-6-12(9-11)17-18-15(19)10-20-14-8-3-2-7-13(14)16/h2-3,7-8,11H,4-6,9-10H2,1H3,(H,18,19)/b17-12-/t11-/m0/s1. The lowest BCUT2D eigenvalue weighted by Crippen LogP contribution is -2.27. The van der Waals surface area contributed by atoms with Gasteiger partial charge >= 0.3 is 0 Å². The van der Waals surface area contributed by atoms with Crippen molar-refractivity contribution in [1.82, 2.24) is 5.43 Å². The Morgan fingerprint density at radius 2 is 2.30 bits per heavy atom. The van der Waals surface area contributed by atoms with E-state index in [4.69, 9.17) is 4.74 Å². The van der Waals surface area contributed by atoms with Gasteiger partial charge in [0, 0.05) is 5.71 Å². The number of halogens is 1. The minimum atomic E-state index is -0.479. The third-order valence-electron chi connectivity index (χ3n) is 3.28. The normalized spacial score (nSPS) is 20.7. The lowest BCUT2D eigenvalue weighted by Gasteiger charge is -2.18. The van der Waals surface area contributed by atoms with E-state index < -0.39 is 5.82 Å². The zero-order valence-corrected chi connectivity index (χ0v) is 11.6.